The van der Waals surface area contributed by atoms with E-state index in [1.807, 2.05) is 0 Å². The van der Waals surface area contributed by atoms with Crippen LogP contribution in [-0.4, -0.2) is 11.0 Å². The Kier molecular flexibility index (Phi) is 3.85. The summed E-state index contributed by atoms with van der Waals surface area (Å²) >= 11 is 3.26. The first-order chi connectivity index (χ1) is 7.04. The summed E-state index contributed by atoms with van der Waals surface area (Å²) in [6, 6.07) is 4.38. The molecule has 0 saturated carbocycles. The van der Waals surface area contributed by atoms with Crippen molar-refractivity contribution in [3.05, 3.63) is 45.4 Å². The van der Waals surface area contributed by atoms with Gasteiger partial charge in [-0.05, 0) is 28.9 Å². The second-order valence-corrected chi connectivity index (χ2v) is 3.78. The lowest BCUT2D eigenvalue weighted by atomic mass is 10.3. The highest BCUT2D eigenvalue weighted by molar-refractivity contribution is 9.10. The van der Waals surface area contributed by atoms with Gasteiger partial charge in [0.15, 0.2) is 0 Å². The van der Waals surface area contributed by atoms with E-state index in [2.05, 4.69) is 22.5 Å². The van der Waals surface area contributed by atoms with E-state index in [4.69, 9.17) is 4.74 Å². The molecule has 0 fully saturated rings. The maximum atomic E-state index is 10.5. The summed E-state index contributed by atoms with van der Waals surface area (Å²) in [5.74, 6) is 0.441. The highest BCUT2D eigenvalue weighted by atomic mass is 79.9. The van der Waals surface area contributed by atoms with Crippen LogP contribution >= 0.6 is 15.9 Å². The number of nitro benzene ring substituents is 1. The Morgan fingerprint density at radius 1 is 1.67 bits per heavy atom. The fraction of sp³-hybridized carbons (Fsp3) is 0.200. The van der Waals surface area contributed by atoms with Crippen LogP contribution in [0.2, 0.25) is 0 Å². The molecule has 0 amide bonds. The lowest BCUT2D eigenvalue weighted by molar-refractivity contribution is -0.385. The fourth-order valence-corrected chi connectivity index (χ4v) is 1.28. The normalized spacial score (nSPS) is 11.9. The van der Waals surface area contributed by atoms with Gasteiger partial charge in [0.25, 0.3) is 5.69 Å². The van der Waals surface area contributed by atoms with E-state index in [-0.39, 0.29) is 11.8 Å². The van der Waals surface area contributed by atoms with Crippen molar-refractivity contribution in [3.8, 4) is 5.75 Å². The van der Waals surface area contributed by atoms with Gasteiger partial charge in [0, 0.05) is 6.07 Å². The molecule has 1 aromatic rings. The third-order valence-electron chi connectivity index (χ3n) is 1.77. The number of halogens is 1. The van der Waals surface area contributed by atoms with E-state index >= 15 is 0 Å². The summed E-state index contributed by atoms with van der Waals surface area (Å²) in [5, 5.41) is 10.5. The van der Waals surface area contributed by atoms with E-state index in [9.17, 15) is 10.1 Å². The Morgan fingerprint density at radius 2 is 2.33 bits per heavy atom. The van der Waals surface area contributed by atoms with E-state index < -0.39 is 4.92 Å². The summed E-state index contributed by atoms with van der Waals surface area (Å²) < 4.78 is 6.10. The van der Waals surface area contributed by atoms with Crippen LogP contribution in [0.5, 0.6) is 5.75 Å². The fourth-order valence-electron chi connectivity index (χ4n) is 0.944. The summed E-state index contributed by atoms with van der Waals surface area (Å²) in [4.78, 5) is 10.1. The van der Waals surface area contributed by atoms with Crippen molar-refractivity contribution in [2.75, 3.05) is 0 Å². The summed E-state index contributed by atoms with van der Waals surface area (Å²) in [7, 11) is 0. The molecule has 0 aliphatic carbocycles. The number of benzene rings is 1. The lowest BCUT2D eigenvalue weighted by Crippen LogP contribution is -2.07. The Labute approximate surface area is 95.8 Å². The predicted molar refractivity (Wildman–Crippen MR) is 61.1 cm³/mol. The minimum absolute atomic E-state index is 0.00413. The van der Waals surface area contributed by atoms with Crippen LogP contribution in [0.3, 0.4) is 0 Å². The van der Waals surface area contributed by atoms with E-state index in [1.165, 1.54) is 12.1 Å². The molecule has 0 spiro atoms. The van der Waals surface area contributed by atoms with Gasteiger partial charge in [0.2, 0.25) is 0 Å². The topological polar surface area (TPSA) is 52.4 Å². The standard InChI is InChI=1S/C10H10BrNO3/c1-3-7(2)15-10-6-8(12(13)14)4-5-9(10)11/h3-7H,1H2,2H3. The van der Waals surface area contributed by atoms with E-state index in [0.717, 1.165) is 0 Å². The molecular formula is C10H10BrNO3. The SMILES string of the molecule is C=CC(C)Oc1cc([N+](=O)[O-])ccc1Br. The minimum atomic E-state index is -0.460. The largest absolute Gasteiger partial charge is 0.485 e. The first-order valence-electron chi connectivity index (χ1n) is 4.27. The number of nitro groups is 1. The maximum absolute atomic E-state index is 10.5. The second kappa shape index (κ2) is 4.93. The molecule has 0 heterocycles. The molecule has 0 aromatic heterocycles. The van der Waals surface area contributed by atoms with Gasteiger partial charge in [-0.15, -0.1) is 0 Å². The molecule has 0 radical (unpaired) electrons. The quantitative estimate of drug-likeness (QED) is 0.480. The van der Waals surface area contributed by atoms with Gasteiger partial charge in [-0.2, -0.15) is 0 Å². The molecule has 80 valence electrons. The van der Waals surface area contributed by atoms with E-state index in [0.29, 0.717) is 10.2 Å². The first kappa shape index (κ1) is 11.7. The van der Waals surface area contributed by atoms with Gasteiger partial charge >= 0.3 is 0 Å². The van der Waals surface area contributed by atoms with Crippen LogP contribution in [0.15, 0.2) is 35.3 Å². The lowest BCUT2D eigenvalue weighted by Gasteiger charge is -2.11. The van der Waals surface area contributed by atoms with Crippen molar-refractivity contribution in [3.63, 3.8) is 0 Å². The third kappa shape index (κ3) is 3.06. The maximum Gasteiger partial charge on any atom is 0.273 e. The van der Waals surface area contributed by atoms with Crippen LogP contribution in [0.25, 0.3) is 0 Å². The van der Waals surface area contributed by atoms with Crippen molar-refractivity contribution in [2.24, 2.45) is 0 Å². The van der Waals surface area contributed by atoms with E-state index in [1.54, 1.807) is 19.1 Å². The van der Waals surface area contributed by atoms with Gasteiger partial charge in [-0.3, -0.25) is 10.1 Å². The van der Waals surface area contributed by atoms with Gasteiger partial charge in [0.05, 0.1) is 15.5 Å². The molecule has 0 saturated heterocycles. The smallest absolute Gasteiger partial charge is 0.273 e. The first-order valence-corrected chi connectivity index (χ1v) is 5.07. The molecule has 1 unspecified atom stereocenters. The Bertz CT molecular complexity index is 392. The summed E-state index contributed by atoms with van der Waals surface area (Å²) in [6.07, 6.45) is 1.42. The number of nitrogens with zero attached hydrogens (tertiary/aromatic N) is 1. The van der Waals surface area contributed by atoms with Crippen molar-refractivity contribution in [2.45, 2.75) is 13.0 Å². The second-order valence-electron chi connectivity index (χ2n) is 2.93. The van der Waals surface area contributed by atoms with Crippen molar-refractivity contribution in [1.82, 2.24) is 0 Å². The Hall–Kier alpha value is -1.36. The molecule has 1 aromatic carbocycles. The van der Waals surface area contributed by atoms with Crippen LogP contribution in [0.1, 0.15) is 6.92 Å². The van der Waals surface area contributed by atoms with Crippen molar-refractivity contribution < 1.29 is 9.66 Å². The molecular weight excluding hydrogens is 262 g/mol. The Morgan fingerprint density at radius 3 is 2.87 bits per heavy atom. The van der Waals surface area contributed by atoms with Crippen LogP contribution in [0.4, 0.5) is 5.69 Å². The highest BCUT2D eigenvalue weighted by Crippen LogP contribution is 2.30. The number of hydrogen-bond donors (Lipinski definition) is 0. The van der Waals surface area contributed by atoms with Crippen molar-refractivity contribution >= 4 is 21.6 Å². The molecule has 0 aliphatic rings. The third-order valence-corrected chi connectivity index (χ3v) is 2.43. The van der Waals surface area contributed by atoms with Crippen LogP contribution in [-0.2, 0) is 0 Å². The number of hydrogen-bond acceptors (Lipinski definition) is 3. The molecule has 1 rings (SSSR count). The summed E-state index contributed by atoms with van der Waals surface area (Å²) in [6.45, 7) is 5.37. The zero-order chi connectivity index (χ0) is 11.4. The average molecular weight is 272 g/mol. The van der Waals surface area contributed by atoms with Gasteiger partial charge in [-0.25, -0.2) is 0 Å². The molecule has 5 heteroatoms. The molecule has 0 aliphatic heterocycles. The zero-order valence-corrected chi connectivity index (χ0v) is 9.73. The molecule has 1 atom stereocenters. The van der Waals surface area contributed by atoms with Crippen LogP contribution < -0.4 is 4.74 Å². The predicted octanol–water partition coefficient (Wildman–Crippen LogP) is 3.31. The molecule has 0 N–H and O–H groups in total. The molecule has 15 heavy (non-hydrogen) atoms. The Balaban J connectivity index is 3.00. The van der Waals surface area contributed by atoms with Gasteiger partial charge in [-0.1, -0.05) is 12.7 Å². The van der Waals surface area contributed by atoms with Crippen molar-refractivity contribution in [1.29, 1.82) is 0 Å². The monoisotopic (exact) mass is 271 g/mol. The summed E-state index contributed by atoms with van der Waals surface area (Å²) in [5.41, 5.74) is 0.00413. The van der Waals surface area contributed by atoms with Gasteiger partial charge in [0.1, 0.15) is 11.9 Å². The number of ether oxygens (including phenoxy) is 1. The molecule has 0 bridgehead atoms. The zero-order valence-electron chi connectivity index (χ0n) is 8.14. The van der Waals surface area contributed by atoms with Gasteiger partial charge < -0.3 is 4.74 Å². The number of rotatable bonds is 4. The van der Waals surface area contributed by atoms with Crippen LogP contribution in [0, 0.1) is 10.1 Å². The average Bonchev–Trinajstić information content (AvgIpc) is 2.20. The minimum Gasteiger partial charge on any atom is -0.485 e. The highest BCUT2D eigenvalue weighted by Gasteiger charge is 2.11. The number of non-ortho nitro benzene ring substituents is 1. The molecule has 4 nitrogen and oxygen atoms in total.